The summed E-state index contributed by atoms with van der Waals surface area (Å²) in [6.45, 7) is 1.75. The third-order valence-electron chi connectivity index (χ3n) is 4.73. The van der Waals surface area contributed by atoms with Gasteiger partial charge in [0.15, 0.2) is 0 Å². The molecule has 0 unspecified atom stereocenters. The molecule has 0 amide bonds. The molecule has 0 aliphatic carbocycles. The van der Waals surface area contributed by atoms with Gasteiger partial charge in [-0.1, -0.05) is 35.9 Å². The lowest BCUT2D eigenvalue weighted by Crippen LogP contribution is -2.22. The summed E-state index contributed by atoms with van der Waals surface area (Å²) >= 11 is 6.11. The smallest absolute Gasteiger partial charge is 0.273 e. The number of benzene rings is 2. The normalized spacial score (nSPS) is 15.4. The molecule has 2 aromatic carbocycles. The first kappa shape index (κ1) is 18.5. The van der Waals surface area contributed by atoms with E-state index < -0.39 is 10.8 Å². The standard InChI is InChI=1S/C20H14ClN5O3/c1-11-17-18(14-7-2-3-8-16(14)26(27)28)15(10-22)19(23)29-20(17)25(24-11)13-6-4-5-12(21)9-13/h2-9,18H,23H2,1H3/t18-/m0/s1. The Kier molecular flexibility index (Phi) is 4.45. The highest BCUT2D eigenvalue weighted by molar-refractivity contribution is 6.30. The zero-order valence-electron chi connectivity index (χ0n) is 15.2. The van der Waals surface area contributed by atoms with Crippen LogP contribution in [0.1, 0.15) is 22.7 Å². The predicted molar refractivity (Wildman–Crippen MR) is 106 cm³/mol. The summed E-state index contributed by atoms with van der Waals surface area (Å²) in [6, 6.07) is 15.3. The van der Waals surface area contributed by atoms with Gasteiger partial charge in [-0.3, -0.25) is 10.1 Å². The van der Waals surface area contributed by atoms with Gasteiger partial charge in [0, 0.05) is 16.7 Å². The fraction of sp³-hybridized carbons (Fsp3) is 0.100. The first-order valence-corrected chi connectivity index (χ1v) is 8.96. The molecule has 0 radical (unpaired) electrons. The Hall–Kier alpha value is -3.83. The van der Waals surface area contributed by atoms with Gasteiger partial charge in [-0.2, -0.15) is 10.4 Å². The van der Waals surface area contributed by atoms with E-state index in [1.165, 1.54) is 10.7 Å². The molecule has 0 saturated heterocycles. The molecule has 29 heavy (non-hydrogen) atoms. The average Bonchev–Trinajstić information content (AvgIpc) is 3.03. The molecule has 0 spiro atoms. The second kappa shape index (κ2) is 6.96. The third-order valence-corrected chi connectivity index (χ3v) is 4.96. The number of fused-ring (bicyclic) bond motifs is 1. The number of nitriles is 1. The molecular formula is C20H14ClN5O3. The van der Waals surface area contributed by atoms with E-state index in [-0.39, 0.29) is 17.1 Å². The third kappa shape index (κ3) is 2.98. The van der Waals surface area contributed by atoms with Gasteiger partial charge in [-0.15, -0.1) is 0 Å². The Balaban J connectivity index is 2.00. The maximum Gasteiger partial charge on any atom is 0.273 e. The molecule has 144 valence electrons. The van der Waals surface area contributed by atoms with Crippen molar-refractivity contribution < 1.29 is 9.66 Å². The Morgan fingerprint density at radius 2 is 2.07 bits per heavy atom. The van der Waals surface area contributed by atoms with Gasteiger partial charge >= 0.3 is 0 Å². The van der Waals surface area contributed by atoms with Crippen LogP contribution in [0.5, 0.6) is 5.88 Å². The van der Waals surface area contributed by atoms with Crippen LogP contribution < -0.4 is 10.5 Å². The highest BCUT2D eigenvalue weighted by Crippen LogP contribution is 2.46. The molecule has 1 aliphatic rings. The molecule has 1 atom stereocenters. The van der Waals surface area contributed by atoms with E-state index in [1.54, 1.807) is 49.4 Å². The molecule has 3 aromatic rings. The summed E-state index contributed by atoms with van der Waals surface area (Å²) in [5, 5.41) is 26.4. The maximum absolute atomic E-state index is 11.6. The van der Waals surface area contributed by atoms with Crippen LogP contribution in [0.3, 0.4) is 0 Å². The number of nitro groups is 1. The van der Waals surface area contributed by atoms with Crippen LogP contribution in [-0.4, -0.2) is 14.7 Å². The monoisotopic (exact) mass is 407 g/mol. The molecular weight excluding hydrogens is 394 g/mol. The van der Waals surface area contributed by atoms with Gasteiger partial charge in [-0.25, -0.2) is 4.68 Å². The molecule has 1 aliphatic heterocycles. The topological polar surface area (TPSA) is 120 Å². The van der Waals surface area contributed by atoms with Gasteiger partial charge in [0.2, 0.25) is 11.8 Å². The second-order valence-electron chi connectivity index (χ2n) is 6.44. The van der Waals surface area contributed by atoms with Crippen LogP contribution in [-0.2, 0) is 0 Å². The fourth-order valence-electron chi connectivity index (χ4n) is 3.51. The van der Waals surface area contributed by atoms with Gasteiger partial charge in [0.25, 0.3) is 5.69 Å². The number of aryl methyl sites for hydroxylation is 1. The SMILES string of the molecule is Cc1nn(-c2cccc(Cl)c2)c2c1[C@@H](c1ccccc1[N+](=O)[O-])C(C#N)=C(N)O2. The number of nitrogens with two attached hydrogens (primary N) is 1. The fourth-order valence-corrected chi connectivity index (χ4v) is 3.69. The van der Waals surface area contributed by atoms with Crippen LogP contribution >= 0.6 is 11.6 Å². The lowest BCUT2D eigenvalue weighted by molar-refractivity contribution is -0.385. The summed E-state index contributed by atoms with van der Waals surface area (Å²) in [4.78, 5) is 11.1. The Morgan fingerprint density at radius 1 is 1.31 bits per heavy atom. The van der Waals surface area contributed by atoms with Crippen molar-refractivity contribution in [2.24, 2.45) is 5.73 Å². The molecule has 0 saturated carbocycles. The molecule has 0 fully saturated rings. The summed E-state index contributed by atoms with van der Waals surface area (Å²) in [5.41, 5.74) is 8.11. The van der Waals surface area contributed by atoms with E-state index in [1.807, 2.05) is 6.07 Å². The average molecular weight is 408 g/mol. The van der Waals surface area contributed by atoms with E-state index in [0.29, 0.717) is 33.4 Å². The van der Waals surface area contributed by atoms with Crippen molar-refractivity contribution in [2.45, 2.75) is 12.8 Å². The van der Waals surface area contributed by atoms with Gasteiger partial charge in [-0.05, 0) is 25.1 Å². The highest BCUT2D eigenvalue weighted by atomic mass is 35.5. The van der Waals surface area contributed by atoms with Crippen molar-refractivity contribution in [2.75, 3.05) is 0 Å². The van der Waals surface area contributed by atoms with E-state index in [2.05, 4.69) is 5.10 Å². The number of allylic oxidation sites excluding steroid dienone is 1. The molecule has 2 N–H and O–H groups in total. The number of hydrogen-bond acceptors (Lipinski definition) is 6. The van der Waals surface area contributed by atoms with Crippen molar-refractivity contribution in [1.29, 1.82) is 5.26 Å². The second-order valence-corrected chi connectivity index (χ2v) is 6.87. The minimum absolute atomic E-state index is 0.0977. The van der Waals surface area contributed by atoms with E-state index in [4.69, 9.17) is 22.1 Å². The molecule has 4 rings (SSSR count). The quantitative estimate of drug-likeness (QED) is 0.518. The number of halogens is 1. The highest BCUT2D eigenvalue weighted by Gasteiger charge is 2.39. The lowest BCUT2D eigenvalue weighted by Gasteiger charge is -2.24. The van der Waals surface area contributed by atoms with Crippen molar-refractivity contribution in [3.05, 3.63) is 91.9 Å². The van der Waals surface area contributed by atoms with E-state index in [0.717, 1.165) is 0 Å². The van der Waals surface area contributed by atoms with Crippen LogP contribution in [0.15, 0.2) is 60.0 Å². The minimum atomic E-state index is -0.779. The predicted octanol–water partition coefficient (Wildman–Crippen LogP) is 3.96. The summed E-state index contributed by atoms with van der Waals surface area (Å²) in [5.74, 6) is -0.603. The zero-order chi connectivity index (χ0) is 20.7. The van der Waals surface area contributed by atoms with Gasteiger partial charge in [0.1, 0.15) is 11.6 Å². The zero-order valence-corrected chi connectivity index (χ0v) is 15.9. The van der Waals surface area contributed by atoms with Crippen molar-refractivity contribution in [1.82, 2.24) is 9.78 Å². The largest absolute Gasteiger partial charge is 0.422 e. The summed E-state index contributed by atoms with van der Waals surface area (Å²) < 4.78 is 7.28. The van der Waals surface area contributed by atoms with Crippen LogP contribution in [0, 0.1) is 28.4 Å². The minimum Gasteiger partial charge on any atom is -0.422 e. The number of nitrogens with zero attached hydrogens (tertiary/aromatic N) is 4. The number of ether oxygens (including phenoxy) is 1. The molecule has 9 heteroatoms. The van der Waals surface area contributed by atoms with E-state index in [9.17, 15) is 15.4 Å². The Morgan fingerprint density at radius 3 is 2.76 bits per heavy atom. The van der Waals surface area contributed by atoms with Crippen molar-refractivity contribution in [3.63, 3.8) is 0 Å². The van der Waals surface area contributed by atoms with Crippen molar-refractivity contribution >= 4 is 17.3 Å². The van der Waals surface area contributed by atoms with Crippen LogP contribution in [0.4, 0.5) is 5.69 Å². The van der Waals surface area contributed by atoms with Crippen LogP contribution in [0.25, 0.3) is 5.69 Å². The van der Waals surface area contributed by atoms with Crippen molar-refractivity contribution in [3.8, 4) is 17.6 Å². The number of aromatic nitrogens is 2. The summed E-state index contributed by atoms with van der Waals surface area (Å²) in [6.07, 6.45) is 0. The van der Waals surface area contributed by atoms with Gasteiger partial charge < -0.3 is 10.5 Å². The van der Waals surface area contributed by atoms with Gasteiger partial charge in [0.05, 0.1) is 27.8 Å². The first-order valence-electron chi connectivity index (χ1n) is 8.58. The number of rotatable bonds is 3. The van der Waals surface area contributed by atoms with E-state index >= 15 is 0 Å². The Bertz CT molecular complexity index is 1230. The first-order chi connectivity index (χ1) is 13.9. The molecule has 8 nitrogen and oxygen atoms in total. The Labute approximate surface area is 170 Å². The maximum atomic E-state index is 11.6. The molecule has 1 aromatic heterocycles. The lowest BCUT2D eigenvalue weighted by atomic mass is 9.83. The number of nitro benzene ring substituents is 1. The molecule has 0 bridgehead atoms. The summed E-state index contributed by atoms with van der Waals surface area (Å²) in [7, 11) is 0. The molecule has 2 heterocycles. The van der Waals surface area contributed by atoms with Crippen LogP contribution in [0.2, 0.25) is 5.02 Å². The number of hydrogen-bond donors (Lipinski definition) is 1. The number of para-hydroxylation sites is 1.